The lowest BCUT2D eigenvalue weighted by molar-refractivity contribution is -0.322. The van der Waals surface area contributed by atoms with Crippen molar-refractivity contribution in [3.63, 3.8) is 0 Å². The van der Waals surface area contributed by atoms with Gasteiger partial charge in [-0.15, -0.1) is 0 Å². The summed E-state index contributed by atoms with van der Waals surface area (Å²) in [5.41, 5.74) is 0. The second kappa shape index (κ2) is 4.15. The first-order chi connectivity index (χ1) is 5.27. The van der Waals surface area contributed by atoms with Crippen LogP contribution in [0.1, 0.15) is 13.3 Å². The van der Waals surface area contributed by atoms with Crippen LogP contribution in [0.4, 0.5) is 0 Å². The molecule has 0 saturated carbocycles. The van der Waals surface area contributed by atoms with Crippen LogP contribution in [0, 0.1) is 0 Å². The van der Waals surface area contributed by atoms with Gasteiger partial charge in [-0.1, -0.05) is 6.92 Å². The highest BCUT2D eigenvalue weighted by Crippen LogP contribution is 2.00. The Morgan fingerprint density at radius 2 is 1.83 bits per heavy atom. The zero-order valence-electron chi connectivity index (χ0n) is 6.60. The predicted octanol–water partition coefficient (Wildman–Crippen LogP) is -1.63. The summed E-state index contributed by atoms with van der Waals surface area (Å²) in [5, 5.41) is 24.8. The van der Waals surface area contributed by atoms with Gasteiger partial charge in [0, 0.05) is 0 Å². The van der Waals surface area contributed by atoms with Gasteiger partial charge in [0.05, 0.1) is 5.75 Å². The molecule has 0 heterocycles. The molecule has 0 rings (SSSR count). The van der Waals surface area contributed by atoms with Crippen LogP contribution in [0.5, 0.6) is 0 Å². The van der Waals surface area contributed by atoms with Gasteiger partial charge in [0.2, 0.25) is 0 Å². The van der Waals surface area contributed by atoms with E-state index >= 15 is 0 Å². The van der Waals surface area contributed by atoms with Gasteiger partial charge in [-0.3, -0.25) is 4.18 Å². The Balaban J connectivity index is 3.94. The third-order valence-electron chi connectivity index (χ3n) is 0.886. The molecule has 0 saturated heterocycles. The van der Waals surface area contributed by atoms with E-state index in [1.54, 1.807) is 6.92 Å². The van der Waals surface area contributed by atoms with E-state index in [9.17, 15) is 8.42 Å². The fourth-order valence-corrected chi connectivity index (χ4v) is 1.43. The largest absolute Gasteiger partial charge is 0.342 e. The highest BCUT2D eigenvalue weighted by molar-refractivity contribution is 7.86. The number of hydrogen-bond acceptors (Lipinski definition) is 6. The van der Waals surface area contributed by atoms with Crippen LogP contribution >= 0.6 is 0 Å². The topological polar surface area (TPSA) is 104 Å². The molecule has 0 fully saturated rings. The Labute approximate surface area is 70.5 Å². The van der Waals surface area contributed by atoms with Gasteiger partial charge < -0.3 is 15.3 Å². The Bertz CT molecular complexity index is 213. The zero-order chi connectivity index (χ0) is 9.83. The lowest BCUT2D eigenvalue weighted by Crippen LogP contribution is -2.34. The van der Waals surface area contributed by atoms with Crippen LogP contribution in [0.25, 0.3) is 0 Å². The Morgan fingerprint density at radius 1 is 1.33 bits per heavy atom. The molecule has 0 aliphatic heterocycles. The summed E-state index contributed by atoms with van der Waals surface area (Å²) in [7, 11) is -3.74. The van der Waals surface area contributed by atoms with E-state index in [2.05, 4.69) is 4.18 Å². The van der Waals surface area contributed by atoms with Gasteiger partial charge in [0.1, 0.15) is 6.61 Å². The SMILES string of the molecule is CCCS(=O)(=O)OCC(O)(O)O. The van der Waals surface area contributed by atoms with Crippen LogP contribution in [0.3, 0.4) is 0 Å². The van der Waals surface area contributed by atoms with E-state index in [0.717, 1.165) is 0 Å². The average Bonchev–Trinajstić information content (AvgIpc) is 1.83. The molecule has 0 radical (unpaired) electrons. The summed E-state index contributed by atoms with van der Waals surface area (Å²) < 4.78 is 25.5. The van der Waals surface area contributed by atoms with Crippen molar-refractivity contribution >= 4 is 10.1 Å². The molecule has 0 aromatic rings. The first kappa shape index (κ1) is 11.8. The minimum atomic E-state index is -3.74. The molecule has 0 aliphatic carbocycles. The molecule has 74 valence electrons. The van der Waals surface area contributed by atoms with E-state index in [-0.39, 0.29) is 5.75 Å². The molecule has 3 N–H and O–H groups in total. The standard InChI is InChI=1S/C5H12O6S/c1-2-3-12(9,10)11-4-5(6,7)8/h6-8H,2-4H2,1H3. The molecule has 7 heteroatoms. The van der Waals surface area contributed by atoms with E-state index in [1.165, 1.54) is 0 Å². The zero-order valence-corrected chi connectivity index (χ0v) is 7.41. The third-order valence-corrected chi connectivity index (χ3v) is 2.27. The van der Waals surface area contributed by atoms with Crippen molar-refractivity contribution in [2.45, 2.75) is 19.3 Å². The second-order valence-electron chi connectivity index (χ2n) is 2.30. The number of aliphatic hydroxyl groups is 3. The van der Waals surface area contributed by atoms with Gasteiger partial charge in [-0.05, 0) is 6.42 Å². The molecule has 0 amide bonds. The van der Waals surface area contributed by atoms with E-state index in [1.807, 2.05) is 0 Å². The number of hydrogen-bond donors (Lipinski definition) is 3. The summed E-state index contributed by atoms with van der Waals surface area (Å²) in [4.78, 5) is 0. The molecular formula is C5H12O6S. The first-order valence-electron chi connectivity index (χ1n) is 3.31. The van der Waals surface area contributed by atoms with Crippen molar-refractivity contribution in [1.82, 2.24) is 0 Å². The Hall–Kier alpha value is -0.210. The summed E-state index contributed by atoms with van der Waals surface area (Å²) in [5.74, 6) is -3.32. The molecule has 0 aromatic carbocycles. The highest BCUT2D eigenvalue weighted by Gasteiger charge is 2.22. The van der Waals surface area contributed by atoms with Crippen molar-refractivity contribution in [2.75, 3.05) is 12.4 Å². The number of rotatable bonds is 5. The van der Waals surface area contributed by atoms with E-state index in [0.29, 0.717) is 6.42 Å². The van der Waals surface area contributed by atoms with Crippen LogP contribution in [0.2, 0.25) is 0 Å². The lowest BCUT2D eigenvalue weighted by atomic mass is 10.6. The van der Waals surface area contributed by atoms with Crippen molar-refractivity contribution in [3.05, 3.63) is 0 Å². The summed E-state index contributed by atoms with van der Waals surface area (Å²) in [6.45, 7) is 0.556. The normalized spacial score (nSPS) is 13.3. The molecule has 0 unspecified atom stereocenters. The van der Waals surface area contributed by atoms with E-state index in [4.69, 9.17) is 15.3 Å². The molecule has 0 spiro atoms. The molecule has 0 bridgehead atoms. The van der Waals surface area contributed by atoms with Gasteiger partial charge in [-0.25, -0.2) is 0 Å². The fraction of sp³-hybridized carbons (Fsp3) is 1.00. The van der Waals surface area contributed by atoms with Crippen LogP contribution < -0.4 is 0 Å². The quantitative estimate of drug-likeness (QED) is 0.364. The average molecular weight is 200 g/mol. The monoisotopic (exact) mass is 200 g/mol. The van der Waals surface area contributed by atoms with Gasteiger partial charge in [0.25, 0.3) is 10.1 Å². The van der Waals surface area contributed by atoms with Gasteiger partial charge >= 0.3 is 5.97 Å². The van der Waals surface area contributed by atoms with Gasteiger partial charge in [0.15, 0.2) is 0 Å². The molecule has 0 aromatic heterocycles. The predicted molar refractivity (Wildman–Crippen MR) is 39.4 cm³/mol. The van der Waals surface area contributed by atoms with Crippen LogP contribution in [-0.2, 0) is 14.3 Å². The summed E-state index contributed by atoms with van der Waals surface area (Å²) in [6.07, 6.45) is 0.359. The maximum absolute atomic E-state index is 10.7. The maximum Gasteiger partial charge on any atom is 0.301 e. The second-order valence-corrected chi connectivity index (χ2v) is 4.06. The smallest absolute Gasteiger partial charge is 0.301 e. The fourth-order valence-electron chi connectivity index (χ4n) is 0.478. The van der Waals surface area contributed by atoms with Crippen molar-refractivity contribution < 1.29 is 27.9 Å². The summed E-state index contributed by atoms with van der Waals surface area (Å²) >= 11 is 0. The van der Waals surface area contributed by atoms with Crippen LogP contribution in [0.15, 0.2) is 0 Å². The molecule has 0 atom stereocenters. The molecule has 0 aliphatic rings. The molecule has 6 nitrogen and oxygen atoms in total. The maximum atomic E-state index is 10.7. The molecule has 12 heavy (non-hydrogen) atoms. The Kier molecular flexibility index (Phi) is 4.08. The highest BCUT2D eigenvalue weighted by atomic mass is 32.2. The van der Waals surface area contributed by atoms with Crippen LogP contribution in [-0.4, -0.2) is 42.1 Å². The van der Waals surface area contributed by atoms with Crippen molar-refractivity contribution in [3.8, 4) is 0 Å². The minimum Gasteiger partial charge on any atom is -0.342 e. The third kappa shape index (κ3) is 6.50. The molecular weight excluding hydrogens is 188 g/mol. The van der Waals surface area contributed by atoms with Crippen molar-refractivity contribution in [2.24, 2.45) is 0 Å². The first-order valence-corrected chi connectivity index (χ1v) is 4.89. The summed E-state index contributed by atoms with van der Waals surface area (Å²) in [6, 6.07) is 0. The lowest BCUT2D eigenvalue weighted by Gasteiger charge is -2.13. The Morgan fingerprint density at radius 3 is 2.17 bits per heavy atom. The minimum absolute atomic E-state index is 0.219. The van der Waals surface area contributed by atoms with Gasteiger partial charge in [-0.2, -0.15) is 8.42 Å². The van der Waals surface area contributed by atoms with Crippen molar-refractivity contribution in [1.29, 1.82) is 0 Å². The van der Waals surface area contributed by atoms with E-state index < -0.39 is 22.7 Å².